The van der Waals surface area contributed by atoms with E-state index in [-0.39, 0.29) is 0 Å². The van der Waals surface area contributed by atoms with Crippen LogP contribution in [-0.4, -0.2) is 9.52 Å². The fourth-order valence-electron chi connectivity index (χ4n) is 10.7. The summed E-state index contributed by atoms with van der Waals surface area (Å²) in [4.78, 5) is 0. The average Bonchev–Trinajstić information content (AvgIpc) is 3.67. The minimum absolute atomic E-state index is 0.541. The molecule has 318 valence electrons. The Morgan fingerprint density at radius 2 is 0.867 bits per heavy atom. The molecule has 0 amide bonds. The molecule has 0 spiro atoms. The van der Waals surface area contributed by atoms with Gasteiger partial charge in [-0.2, -0.15) is 12.1 Å². The number of benzene rings is 4. The SMILES string of the molecule is CCCC1(Cc2cc3c(-c4ccc(C)cc4)cccc3[cH-]2)CCCCCC1.CCCC1(Cc2cc3c(-c4ccc(C)cc4)cccc3[cH-]2)CCCCCC1.C[Si]C.[Cl][Zr+2][Cl]. The van der Waals surface area contributed by atoms with E-state index in [1.54, 1.807) is 11.1 Å². The van der Waals surface area contributed by atoms with Gasteiger partial charge < -0.3 is 0 Å². The summed E-state index contributed by atoms with van der Waals surface area (Å²) in [7, 11) is 11.0. The van der Waals surface area contributed by atoms with Crippen molar-refractivity contribution in [3.8, 4) is 22.3 Å². The number of fused-ring (bicyclic) bond motifs is 2. The molecule has 0 saturated heterocycles. The molecular weight excluding hydrogens is 863 g/mol. The standard InChI is InChI=1S/2C27H33.C2H6Si.2ClH.Zr/c2*1-3-15-27(16-6-4-5-7-17-27)20-22-18-24-9-8-10-25(26(24)19-22)23-13-11-21(2)12-14-23;1-3-2;;;/h2*8-14,18-19H,3-7,15-17,20H2,1-2H3;1-2H3;2*1H;/q2*-1;;;;+4/p-2. The Hall–Kier alpha value is -2.22. The molecule has 0 nitrogen and oxygen atoms in total. The van der Waals surface area contributed by atoms with E-state index < -0.39 is 20.8 Å². The van der Waals surface area contributed by atoms with Crippen molar-refractivity contribution in [2.45, 2.75) is 156 Å². The van der Waals surface area contributed by atoms with E-state index in [1.165, 1.54) is 171 Å². The van der Waals surface area contributed by atoms with E-state index >= 15 is 0 Å². The summed E-state index contributed by atoms with van der Waals surface area (Å²) in [6.45, 7) is 13.4. The van der Waals surface area contributed by atoms with Crippen LogP contribution in [0.3, 0.4) is 0 Å². The Morgan fingerprint density at radius 1 is 0.533 bits per heavy atom. The van der Waals surface area contributed by atoms with Gasteiger partial charge in [0.05, 0.1) is 0 Å². The Labute approximate surface area is 386 Å². The zero-order chi connectivity index (χ0) is 42.8. The molecule has 0 aromatic heterocycles. The average molecular weight is 935 g/mol. The van der Waals surface area contributed by atoms with Gasteiger partial charge in [0.2, 0.25) is 0 Å². The molecule has 0 heterocycles. The predicted octanol–water partition coefficient (Wildman–Crippen LogP) is 18.6. The maximum atomic E-state index is 4.93. The van der Waals surface area contributed by atoms with Gasteiger partial charge in [-0.15, -0.1) is 69.1 Å². The third kappa shape index (κ3) is 13.9. The molecule has 6 aromatic carbocycles. The van der Waals surface area contributed by atoms with Gasteiger partial charge in [0.25, 0.3) is 0 Å². The summed E-state index contributed by atoms with van der Waals surface area (Å²) in [5, 5.41) is 5.67. The second-order valence-corrected chi connectivity index (χ2v) is 23.1. The number of hydrogen-bond acceptors (Lipinski definition) is 0. The van der Waals surface area contributed by atoms with Crippen LogP contribution in [0.4, 0.5) is 0 Å². The molecule has 2 fully saturated rings. The molecule has 2 aliphatic rings. The molecule has 0 bridgehead atoms. The van der Waals surface area contributed by atoms with Crippen LogP contribution < -0.4 is 0 Å². The molecule has 2 saturated carbocycles. The topological polar surface area (TPSA) is 0 Å². The van der Waals surface area contributed by atoms with Gasteiger partial charge in [-0.3, -0.25) is 0 Å². The van der Waals surface area contributed by atoms with Crippen molar-refractivity contribution in [2.24, 2.45) is 10.8 Å². The van der Waals surface area contributed by atoms with Crippen LogP contribution in [0.1, 0.15) is 139 Å². The molecule has 2 radical (unpaired) electrons. The van der Waals surface area contributed by atoms with Crippen LogP contribution in [0.2, 0.25) is 13.1 Å². The Bertz CT molecular complexity index is 1950. The normalized spacial score (nSPS) is 15.9. The molecule has 0 aliphatic heterocycles. The molecule has 4 heteroatoms. The Morgan fingerprint density at radius 3 is 1.18 bits per heavy atom. The van der Waals surface area contributed by atoms with E-state index in [2.05, 4.69) is 150 Å². The number of aryl methyl sites for hydroxylation is 2. The zero-order valence-corrected chi connectivity index (χ0v) is 42.8. The molecular formula is C56H72Cl2SiZr. The van der Waals surface area contributed by atoms with E-state index in [1.807, 2.05) is 0 Å². The molecule has 8 rings (SSSR count). The third-order valence-electron chi connectivity index (χ3n) is 13.4. The molecule has 60 heavy (non-hydrogen) atoms. The number of rotatable bonds is 10. The second-order valence-electron chi connectivity index (χ2n) is 18.3. The molecule has 0 N–H and O–H groups in total. The summed E-state index contributed by atoms with van der Waals surface area (Å²) >= 11 is -0.826. The Kier molecular flexibility index (Phi) is 20.5. The first-order valence-corrected chi connectivity index (χ1v) is 31.6. The number of hydrogen-bond donors (Lipinski definition) is 0. The Balaban J connectivity index is 0.000000201. The van der Waals surface area contributed by atoms with Crippen LogP contribution in [0.5, 0.6) is 0 Å². The van der Waals surface area contributed by atoms with Crippen molar-refractivity contribution >= 4 is 48.1 Å². The monoisotopic (exact) mass is 932 g/mol. The van der Waals surface area contributed by atoms with Gasteiger partial charge in [0.15, 0.2) is 0 Å². The molecule has 6 aromatic rings. The summed E-state index contributed by atoms with van der Waals surface area (Å²) < 4.78 is 0. The van der Waals surface area contributed by atoms with E-state index in [0.29, 0.717) is 10.8 Å². The van der Waals surface area contributed by atoms with Crippen LogP contribution in [0.15, 0.2) is 109 Å². The third-order valence-corrected chi connectivity index (χ3v) is 13.4. The van der Waals surface area contributed by atoms with Gasteiger partial charge >= 0.3 is 37.9 Å². The first-order chi connectivity index (χ1) is 29.2. The number of halogens is 2. The van der Waals surface area contributed by atoms with E-state index in [4.69, 9.17) is 17.0 Å². The van der Waals surface area contributed by atoms with Crippen molar-refractivity contribution in [3.63, 3.8) is 0 Å². The van der Waals surface area contributed by atoms with Crippen molar-refractivity contribution in [1.29, 1.82) is 0 Å². The van der Waals surface area contributed by atoms with Crippen LogP contribution in [0, 0.1) is 24.7 Å². The van der Waals surface area contributed by atoms with Crippen LogP contribution >= 0.6 is 17.0 Å². The van der Waals surface area contributed by atoms with Gasteiger partial charge in [-0.1, -0.05) is 174 Å². The van der Waals surface area contributed by atoms with Crippen LogP contribution in [0.25, 0.3) is 43.8 Å². The van der Waals surface area contributed by atoms with Crippen molar-refractivity contribution < 1.29 is 20.8 Å². The summed E-state index contributed by atoms with van der Waals surface area (Å²) in [6.07, 6.45) is 25.1. The minimum atomic E-state index is -0.826. The van der Waals surface area contributed by atoms with E-state index in [9.17, 15) is 0 Å². The zero-order valence-electron chi connectivity index (χ0n) is 37.9. The summed E-state index contributed by atoms with van der Waals surface area (Å²) in [5.41, 5.74) is 12.3. The first-order valence-electron chi connectivity index (χ1n) is 23.3. The molecule has 0 atom stereocenters. The van der Waals surface area contributed by atoms with Crippen molar-refractivity contribution in [2.75, 3.05) is 0 Å². The first kappa shape index (κ1) is 48.8. The molecule has 2 aliphatic carbocycles. The molecule has 0 unspecified atom stereocenters. The quantitative estimate of drug-likeness (QED) is 0.0729. The van der Waals surface area contributed by atoms with Gasteiger partial charge in [0, 0.05) is 9.52 Å². The van der Waals surface area contributed by atoms with Crippen molar-refractivity contribution in [3.05, 3.63) is 131 Å². The van der Waals surface area contributed by atoms with Crippen LogP contribution in [-0.2, 0) is 33.7 Å². The summed E-state index contributed by atoms with van der Waals surface area (Å²) in [6, 6.07) is 41.4. The van der Waals surface area contributed by atoms with E-state index in [0.717, 1.165) is 9.52 Å². The summed E-state index contributed by atoms with van der Waals surface area (Å²) in [5.74, 6) is 0. The fraction of sp³-hybridized carbons (Fsp3) is 0.464. The second kappa shape index (κ2) is 25.2. The van der Waals surface area contributed by atoms with Gasteiger partial charge in [-0.05, 0) is 87.2 Å². The van der Waals surface area contributed by atoms with Gasteiger partial charge in [-0.25, -0.2) is 0 Å². The van der Waals surface area contributed by atoms with Crippen molar-refractivity contribution in [1.82, 2.24) is 0 Å². The van der Waals surface area contributed by atoms with Gasteiger partial charge in [0.1, 0.15) is 0 Å². The predicted molar refractivity (Wildman–Crippen MR) is 266 cm³/mol. The fourth-order valence-corrected chi connectivity index (χ4v) is 10.7. The maximum absolute atomic E-state index is 4.93.